The molecule has 2 N–H and O–H groups in total. The second-order valence-corrected chi connectivity index (χ2v) is 2.81. The molecule has 16 heavy (non-hydrogen) atoms. The van der Waals surface area contributed by atoms with Crippen molar-refractivity contribution in [1.82, 2.24) is 4.98 Å². The number of ether oxygens (including phenoxy) is 1. The lowest BCUT2D eigenvalue weighted by Gasteiger charge is -2.15. The van der Waals surface area contributed by atoms with Gasteiger partial charge >= 0.3 is 6.18 Å². The summed E-state index contributed by atoms with van der Waals surface area (Å²) in [6.45, 7) is 0. The van der Waals surface area contributed by atoms with E-state index in [4.69, 9.17) is 5.73 Å². The van der Waals surface area contributed by atoms with Crippen molar-refractivity contribution in [3.05, 3.63) is 17.3 Å². The Morgan fingerprint density at radius 1 is 1.38 bits per heavy atom. The molecule has 0 aromatic carbocycles. The van der Waals surface area contributed by atoms with Crippen molar-refractivity contribution in [2.45, 2.75) is 12.6 Å². The Labute approximate surface area is 87.0 Å². The van der Waals surface area contributed by atoms with Gasteiger partial charge in [0.2, 0.25) is 0 Å². The Kier molecular flexibility index (Phi) is 3.20. The van der Waals surface area contributed by atoms with Gasteiger partial charge in [-0.1, -0.05) is 0 Å². The van der Waals surface area contributed by atoms with E-state index in [2.05, 4.69) is 9.72 Å². The van der Waals surface area contributed by atoms with Gasteiger partial charge in [-0.15, -0.1) is 0 Å². The van der Waals surface area contributed by atoms with Crippen molar-refractivity contribution >= 4 is 5.82 Å². The fourth-order valence-electron chi connectivity index (χ4n) is 1.16. The standard InChI is InChI=1S/C8H7F5N2O/c1-16-3-2-4(14)15-6(7(9)10)5(3)8(11,12)13/h2,7H,1H3,(H2,14,15). The number of nitrogens with two attached hydrogens (primary N) is 1. The second kappa shape index (κ2) is 4.11. The Morgan fingerprint density at radius 3 is 2.31 bits per heavy atom. The van der Waals surface area contributed by atoms with Gasteiger partial charge in [0.15, 0.2) is 0 Å². The second-order valence-electron chi connectivity index (χ2n) is 2.81. The first kappa shape index (κ1) is 12.5. The molecule has 0 bridgehead atoms. The predicted molar refractivity (Wildman–Crippen MR) is 45.2 cm³/mol. The van der Waals surface area contributed by atoms with Crippen LogP contribution in [-0.4, -0.2) is 12.1 Å². The SMILES string of the molecule is COc1cc(N)nc(C(F)F)c1C(F)(F)F. The summed E-state index contributed by atoms with van der Waals surface area (Å²) in [7, 11) is 0.930. The van der Waals surface area contributed by atoms with Crippen LogP contribution in [-0.2, 0) is 6.18 Å². The molecule has 1 heterocycles. The number of anilines is 1. The topological polar surface area (TPSA) is 48.1 Å². The number of methoxy groups -OCH3 is 1. The monoisotopic (exact) mass is 242 g/mol. The molecule has 0 aliphatic rings. The lowest BCUT2D eigenvalue weighted by molar-refractivity contribution is -0.141. The third-order valence-electron chi connectivity index (χ3n) is 1.74. The van der Waals surface area contributed by atoms with Crippen LogP contribution in [0.2, 0.25) is 0 Å². The van der Waals surface area contributed by atoms with Gasteiger partial charge in [-0.05, 0) is 0 Å². The molecule has 0 aliphatic heterocycles. The highest BCUT2D eigenvalue weighted by Gasteiger charge is 2.40. The van der Waals surface area contributed by atoms with Crippen LogP contribution < -0.4 is 10.5 Å². The quantitative estimate of drug-likeness (QED) is 0.811. The van der Waals surface area contributed by atoms with E-state index in [-0.39, 0.29) is 0 Å². The van der Waals surface area contributed by atoms with E-state index in [0.29, 0.717) is 0 Å². The van der Waals surface area contributed by atoms with Gasteiger partial charge in [-0.3, -0.25) is 0 Å². The molecule has 0 unspecified atom stereocenters. The van der Waals surface area contributed by atoms with Crippen LogP contribution in [0.25, 0.3) is 0 Å². The highest BCUT2D eigenvalue weighted by Crippen LogP contribution is 2.41. The van der Waals surface area contributed by atoms with Gasteiger partial charge in [0.25, 0.3) is 6.43 Å². The average Bonchev–Trinajstić information content (AvgIpc) is 2.14. The van der Waals surface area contributed by atoms with Crippen LogP contribution in [0.3, 0.4) is 0 Å². The summed E-state index contributed by atoms with van der Waals surface area (Å²) in [5.74, 6) is -1.23. The van der Waals surface area contributed by atoms with Crippen LogP contribution in [0.5, 0.6) is 5.75 Å². The van der Waals surface area contributed by atoms with Crippen LogP contribution in [0, 0.1) is 0 Å². The van der Waals surface area contributed by atoms with Crippen molar-refractivity contribution in [3.63, 3.8) is 0 Å². The van der Waals surface area contributed by atoms with E-state index >= 15 is 0 Å². The lowest BCUT2D eigenvalue weighted by Crippen LogP contribution is -2.14. The van der Waals surface area contributed by atoms with Crippen LogP contribution >= 0.6 is 0 Å². The van der Waals surface area contributed by atoms with Gasteiger partial charge in [0.1, 0.15) is 22.8 Å². The molecule has 0 spiro atoms. The number of nitrogens with zero attached hydrogens (tertiary/aromatic N) is 1. The molecule has 0 aliphatic carbocycles. The molecule has 0 amide bonds. The normalized spacial score (nSPS) is 11.9. The number of pyridine rings is 1. The minimum absolute atomic E-state index is 0.458. The molecule has 1 rings (SSSR count). The van der Waals surface area contributed by atoms with Crippen LogP contribution in [0.4, 0.5) is 27.8 Å². The van der Waals surface area contributed by atoms with E-state index in [9.17, 15) is 22.0 Å². The maximum atomic E-state index is 12.5. The fourth-order valence-corrected chi connectivity index (χ4v) is 1.16. The first-order chi connectivity index (χ1) is 7.27. The number of hydrogen-bond donors (Lipinski definition) is 1. The molecule has 90 valence electrons. The van der Waals surface area contributed by atoms with Gasteiger partial charge in [-0.2, -0.15) is 13.2 Å². The highest BCUT2D eigenvalue weighted by atomic mass is 19.4. The predicted octanol–water partition coefficient (Wildman–Crippen LogP) is 2.63. The zero-order valence-corrected chi connectivity index (χ0v) is 7.98. The summed E-state index contributed by atoms with van der Waals surface area (Å²) in [6.07, 6.45) is -8.35. The summed E-state index contributed by atoms with van der Waals surface area (Å²) in [5, 5.41) is 0. The molecule has 8 heteroatoms. The van der Waals surface area contributed by atoms with E-state index in [1.807, 2.05) is 0 Å². The Balaban J connectivity index is 3.52. The third kappa shape index (κ3) is 2.31. The average molecular weight is 242 g/mol. The summed E-state index contributed by atoms with van der Waals surface area (Å²) < 4.78 is 66.6. The largest absolute Gasteiger partial charge is 0.496 e. The van der Waals surface area contributed by atoms with Crippen molar-refractivity contribution in [3.8, 4) is 5.75 Å². The maximum absolute atomic E-state index is 12.5. The molecule has 0 radical (unpaired) electrons. The van der Waals surface area contributed by atoms with Crippen molar-refractivity contribution in [1.29, 1.82) is 0 Å². The minimum Gasteiger partial charge on any atom is -0.496 e. The number of alkyl halides is 5. The van der Waals surface area contributed by atoms with Crippen molar-refractivity contribution in [2.24, 2.45) is 0 Å². The number of nitrogen functional groups attached to an aromatic ring is 1. The summed E-state index contributed by atoms with van der Waals surface area (Å²) in [6, 6.07) is 0.745. The van der Waals surface area contributed by atoms with E-state index in [1.165, 1.54) is 0 Å². The molecule has 0 saturated heterocycles. The minimum atomic E-state index is -4.97. The Hall–Kier alpha value is -1.60. The maximum Gasteiger partial charge on any atom is 0.421 e. The molecule has 0 fully saturated rings. The van der Waals surface area contributed by atoms with Gasteiger partial charge in [0.05, 0.1) is 7.11 Å². The molecular weight excluding hydrogens is 235 g/mol. The van der Waals surface area contributed by atoms with E-state index in [0.717, 1.165) is 13.2 Å². The smallest absolute Gasteiger partial charge is 0.421 e. The Bertz CT molecular complexity index is 391. The highest BCUT2D eigenvalue weighted by molar-refractivity contribution is 5.47. The van der Waals surface area contributed by atoms with Crippen molar-refractivity contribution in [2.75, 3.05) is 12.8 Å². The Morgan fingerprint density at radius 2 is 1.94 bits per heavy atom. The van der Waals surface area contributed by atoms with Crippen LogP contribution in [0.1, 0.15) is 17.7 Å². The number of hydrogen-bond acceptors (Lipinski definition) is 3. The van der Waals surface area contributed by atoms with Crippen molar-refractivity contribution < 1.29 is 26.7 Å². The van der Waals surface area contributed by atoms with Gasteiger partial charge < -0.3 is 10.5 Å². The molecule has 0 saturated carbocycles. The van der Waals surface area contributed by atoms with Crippen LogP contribution in [0.15, 0.2) is 6.07 Å². The fraction of sp³-hybridized carbons (Fsp3) is 0.375. The molecular formula is C8H7F5N2O. The van der Waals surface area contributed by atoms with E-state index < -0.39 is 35.4 Å². The number of aromatic nitrogens is 1. The molecule has 0 atom stereocenters. The lowest BCUT2D eigenvalue weighted by atomic mass is 10.1. The first-order valence-corrected chi connectivity index (χ1v) is 3.97. The summed E-state index contributed by atoms with van der Waals surface area (Å²) >= 11 is 0. The summed E-state index contributed by atoms with van der Waals surface area (Å²) in [4.78, 5) is 2.98. The summed E-state index contributed by atoms with van der Waals surface area (Å²) in [5.41, 5.74) is 2.07. The zero-order chi connectivity index (χ0) is 12.5. The number of rotatable bonds is 2. The molecule has 3 nitrogen and oxygen atoms in total. The van der Waals surface area contributed by atoms with Gasteiger partial charge in [0, 0.05) is 6.07 Å². The van der Waals surface area contributed by atoms with Gasteiger partial charge in [-0.25, -0.2) is 13.8 Å². The molecule has 1 aromatic rings. The number of halogens is 5. The first-order valence-electron chi connectivity index (χ1n) is 3.97. The van der Waals surface area contributed by atoms with E-state index in [1.54, 1.807) is 0 Å². The molecule has 1 aromatic heterocycles. The third-order valence-corrected chi connectivity index (χ3v) is 1.74. The zero-order valence-electron chi connectivity index (χ0n) is 7.98.